The highest BCUT2D eigenvalue weighted by molar-refractivity contribution is 7.20. The van der Waals surface area contributed by atoms with Gasteiger partial charge < -0.3 is 9.72 Å². The number of rotatable bonds is 3. The Kier molecular flexibility index (Phi) is 3.91. The number of H-pyrrole nitrogens is 1. The lowest BCUT2D eigenvalue weighted by atomic mass is 10.2. The van der Waals surface area contributed by atoms with Crippen molar-refractivity contribution in [1.29, 1.82) is 0 Å². The lowest BCUT2D eigenvalue weighted by Gasteiger charge is -2.06. The molecule has 102 valence electrons. The average molecular weight is 301 g/mol. The van der Waals surface area contributed by atoms with Crippen molar-refractivity contribution in [3.05, 3.63) is 26.6 Å². The third-order valence-electron chi connectivity index (χ3n) is 2.50. The largest absolute Gasteiger partial charge is 0.459 e. The van der Waals surface area contributed by atoms with E-state index in [2.05, 4.69) is 9.97 Å². The van der Waals surface area contributed by atoms with E-state index >= 15 is 0 Å². The smallest absolute Gasteiger partial charge is 0.348 e. The average Bonchev–Trinajstić information content (AvgIpc) is 2.66. The van der Waals surface area contributed by atoms with Gasteiger partial charge in [-0.25, -0.2) is 9.78 Å². The molecular weight excluding hydrogens is 288 g/mol. The summed E-state index contributed by atoms with van der Waals surface area (Å²) >= 11 is 6.81. The van der Waals surface area contributed by atoms with Crippen LogP contribution in [0.25, 0.3) is 10.2 Å². The Morgan fingerprint density at radius 2 is 2.21 bits per heavy atom. The van der Waals surface area contributed by atoms with Gasteiger partial charge in [-0.05, 0) is 26.3 Å². The van der Waals surface area contributed by atoms with E-state index in [1.54, 1.807) is 20.8 Å². The predicted octanol–water partition coefficient (Wildman–Crippen LogP) is 2.60. The van der Waals surface area contributed by atoms with Gasteiger partial charge in [-0.15, -0.1) is 22.9 Å². The predicted molar refractivity (Wildman–Crippen MR) is 75.1 cm³/mol. The van der Waals surface area contributed by atoms with Crippen LogP contribution in [0.5, 0.6) is 0 Å². The lowest BCUT2D eigenvalue weighted by molar-refractivity contribution is 0.0383. The number of nitrogens with one attached hydrogen (secondary N) is 1. The van der Waals surface area contributed by atoms with Gasteiger partial charge in [0.1, 0.15) is 15.5 Å². The molecule has 5 nitrogen and oxygen atoms in total. The van der Waals surface area contributed by atoms with Gasteiger partial charge >= 0.3 is 5.97 Å². The molecule has 0 aliphatic carbocycles. The third kappa shape index (κ3) is 2.64. The van der Waals surface area contributed by atoms with Crippen molar-refractivity contribution in [2.45, 2.75) is 32.8 Å². The van der Waals surface area contributed by atoms with Gasteiger partial charge in [-0.1, -0.05) is 0 Å². The van der Waals surface area contributed by atoms with Crippen molar-refractivity contribution in [2.75, 3.05) is 0 Å². The minimum Gasteiger partial charge on any atom is -0.459 e. The number of carbonyl (C=O) groups excluding carboxylic acids is 1. The van der Waals surface area contributed by atoms with Crippen LogP contribution in [-0.4, -0.2) is 22.0 Å². The van der Waals surface area contributed by atoms with Crippen LogP contribution < -0.4 is 5.56 Å². The number of aryl methyl sites for hydroxylation is 1. The Hall–Kier alpha value is -1.40. The quantitative estimate of drug-likeness (QED) is 0.698. The number of carbonyl (C=O) groups is 1. The molecule has 0 saturated carbocycles. The zero-order valence-electron chi connectivity index (χ0n) is 10.7. The van der Waals surface area contributed by atoms with Crippen molar-refractivity contribution >= 4 is 39.1 Å². The fourth-order valence-electron chi connectivity index (χ4n) is 1.71. The number of hydrogen-bond donors (Lipinski definition) is 1. The highest BCUT2D eigenvalue weighted by atomic mass is 35.5. The van der Waals surface area contributed by atoms with E-state index in [1.165, 1.54) is 0 Å². The van der Waals surface area contributed by atoms with Crippen LogP contribution in [0.15, 0.2) is 4.79 Å². The van der Waals surface area contributed by atoms with E-state index in [1.807, 2.05) is 0 Å². The molecule has 2 heterocycles. The molecule has 0 atom stereocenters. The maximum absolute atomic E-state index is 11.9. The van der Waals surface area contributed by atoms with E-state index < -0.39 is 5.97 Å². The minimum absolute atomic E-state index is 0.119. The summed E-state index contributed by atoms with van der Waals surface area (Å²) in [6, 6.07) is 0. The van der Waals surface area contributed by atoms with E-state index in [0.29, 0.717) is 26.5 Å². The molecule has 0 spiro atoms. The maximum Gasteiger partial charge on any atom is 0.348 e. The van der Waals surface area contributed by atoms with E-state index in [9.17, 15) is 9.59 Å². The molecule has 0 aliphatic heterocycles. The molecule has 19 heavy (non-hydrogen) atoms. The van der Waals surface area contributed by atoms with Crippen molar-refractivity contribution in [3.8, 4) is 0 Å². The van der Waals surface area contributed by atoms with Crippen LogP contribution in [0, 0.1) is 6.92 Å². The van der Waals surface area contributed by atoms with Gasteiger partial charge in [0.25, 0.3) is 5.56 Å². The number of nitrogens with zero attached hydrogens (tertiary/aromatic N) is 1. The molecule has 0 radical (unpaired) electrons. The Morgan fingerprint density at radius 1 is 1.53 bits per heavy atom. The van der Waals surface area contributed by atoms with E-state index in [0.717, 1.165) is 11.3 Å². The summed E-state index contributed by atoms with van der Waals surface area (Å²) < 4.78 is 5.15. The van der Waals surface area contributed by atoms with Gasteiger partial charge in [-0.3, -0.25) is 4.79 Å². The van der Waals surface area contributed by atoms with Crippen LogP contribution in [0.3, 0.4) is 0 Å². The molecule has 0 aromatic carbocycles. The number of esters is 1. The molecule has 1 N–H and O–H groups in total. The monoisotopic (exact) mass is 300 g/mol. The summed E-state index contributed by atoms with van der Waals surface area (Å²) in [6.07, 6.45) is -0.207. The zero-order valence-corrected chi connectivity index (χ0v) is 12.3. The second-order valence-corrected chi connectivity index (χ2v) is 5.60. The lowest BCUT2D eigenvalue weighted by Crippen LogP contribution is -2.12. The fourth-order valence-corrected chi connectivity index (χ4v) is 2.92. The summed E-state index contributed by atoms with van der Waals surface area (Å²) in [5.41, 5.74) is 0.318. The zero-order chi connectivity index (χ0) is 14.2. The van der Waals surface area contributed by atoms with Gasteiger partial charge in [0.05, 0.1) is 17.4 Å². The van der Waals surface area contributed by atoms with Crippen LogP contribution in [-0.2, 0) is 10.6 Å². The van der Waals surface area contributed by atoms with Crippen LogP contribution in [0.1, 0.15) is 34.9 Å². The third-order valence-corrected chi connectivity index (χ3v) is 3.92. The normalized spacial score (nSPS) is 11.2. The van der Waals surface area contributed by atoms with Crippen LogP contribution in [0.4, 0.5) is 0 Å². The Labute approximate surface area is 118 Å². The number of halogens is 1. The summed E-state index contributed by atoms with van der Waals surface area (Å²) in [6.45, 7) is 5.27. The van der Waals surface area contributed by atoms with E-state index in [-0.39, 0.29) is 17.5 Å². The molecule has 2 aromatic rings. The molecule has 0 amide bonds. The van der Waals surface area contributed by atoms with Gasteiger partial charge in [-0.2, -0.15) is 0 Å². The topological polar surface area (TPSA) is 72.0 Å². The summed E-state index contributed by atoms with van der Waals surface area (Å²) in [5, 5.41) is 0.426. The minimum atomic E-state index is -0.428. The first-order valence-electron chi connectivity index (χ1n) is 5.73. The molecule has 0 saturated heterocycles. The second-order valence-electron chi connectivity index (χ2n) is 4.34. The Balaban J connectivity index is 2.60. The number of thiophene rings is 1. The van der Waals surface area contributed by atoms with Crippen LogP contribution >= 0.6 is 22.9 Å². The Bertz CT molecular complexity index is 690. The molecule has 0 aliphatic rings. The number of hydrogen-bond acceptors (Lipinski definition) is 5. The van der Waals surface area contributed by atoms with Gasteiger partial charge in [0.2, 0.25) is 0 Å². The number of aromatic amines is 1. The molecular formula is C12H13ClN2O3S. The number of aromatic nitrogens is 2. The van der Waals surface area contributed by atoms with Gasteiger partial charge in [0.15, 0.2) is 0 Å². The fraction of sp³-hybridized carbons (Fsp3) is 0.417. The number of fused-ring (bicyclic) bond motifs is 1. The van der Waals surface area contributed by atoms with Crippen molar-refractivity contribution in [3.63, 3.8) is 0 Å². The van der Waals surface area contributed by atoms with Crippen molar-refractivity contribution < 1.29 is 9.53 Å². The first-order valence-corrected chi connectivity index (χ1v) is 7.08. The standard InChI is InChI=1S/C12H13ClN2O3S/c1-5(2)18-12(17)9-6(3)8-10(16)14-7(4-13)15-11(8)19-9/h5H,4H2,1-3H3,(H,14,15,16). The summed E-state index contributed by atoms with van der Waals surface area (Å²) in [5.74, 6) is 0.0833. The molecule has 2 aromatic heterocycles. The molecule has 0 fully saturated rings. The second kappa shape index (κ2) is 5.30. The number of alkyl halides is 1. The van der Waals surface area contributed by atoms with Crippen molar-refractivity contribution in [2.24, 2.45) is 0 Å². The SMILES string of the molecule is Cc1c(C(=O)OC(C)C)sc2nc(CCl)[nH]c(=O)c12. The Morgan fingerprint density at radius 3 is 2.79 bits per heavy atom. The molecule has 0 unspecified atom stereocenters. The molecule has 2 rings (SSSR count). The van der Waals surface area contributed by atoms with Crippen LogP contribution in [0.2, 0.25) is 0 Å². The highest BCUT2D eigenvalue weighted by Gasteiger charge is 2.20. The molecule has 7 heteroatoms. The molecule has 0 bridgehead atoms. The summed E-state index contributed by atoms with van der Waals surface area (Å²) in [7, 11) is 0. The first-order chi connectivity index (χ1) is 8.93. The highest BCUT2D eigenvalue weighted by Crippen LogP contribution is 2.27. The summed E-state index contributed by atoms with van der Waals surface area (Å²) in [4.78, 5) is 31.6. The maximum atomic E-state index is 11.9. The van der Waals surface area contributed by atoms with E-state index in [4.69, 9.17) is 16.3 Å². The van der Waals surface area contributed by atoms with Crippen molar-refractivity contribution in [1.82, 2.24) is 9.97 Å². The number of ether oxygens (including phenoxy) is 1. The first kappa shape index (κ1) is 14.0. The van der Waals surface area contributed by atoms with Gasteiger partial charge in [0, 0.05) is 0 Å².